The highest BCUT2D eigenvalue weighted by atomic mass is 35.5. The van der Waals surface area contributed by atoms with Crippen molar-refractivity contribution in [3.8, 4) is 0 Å². The van der Waals surface area contributed by atoms with E-state index in [9.17, 15) is 22.4 Å². The summed E-state index contributed by atoms with van der Waals surface area (Å²) in [5, 5.41) is 1.16. The van der Waals surface area contributed by atoms with Crippen molar-refractivity contribution in [2.45, 2.75) is 19.4 Å². The molecule has 8 nitrogen and oxygen atoms in total. The van der Waals surface area contributed by atoms with Crippen LogP contribution >= 0.6 is 22.9 Å². The number of nitrogens with zero attached hydrogens (tertiary/aromatic N) is 4. The van der Waals surface area contributed by atoms with Gasteiger partial charge in [-0.1, -0.05) is 11.6 Å². The number of amides is 2. The lowest BCUT2D eigenvalue weighted by atomic mass is 10.1. The van der Waals surface area contributed by atoms with Gasteiger partial charge in [0.15, 0.2) is 0 Å². The molecule has 1 fully saturated rings. The van der Waals surface area contributed by atoms with Gasteiger partial charge >= 0.3 is 0 Å². The van der Waals surface area contributed by atoms with Crippen LogP contribution in [0.25, 0.3) is 5.57 Å². The first-order chi connectivity index (χ1) is 16.8. The number of carbonyl (C=O) groups is 2. The zero-order valence-corrected chi connectivity index (χ0v) is 23.3. The largest absolute Gasteiger partial charge is 0.345 e. The first kappa shape index (κ1) is 28.3. The maximum Gasteiger partial charge on any atom is 0.253 e. The van der Waals surface area contributed by atoms with Crippen molar-refractivity contribution in [2.24, 2.45) is 0 Å². The molecule has 2 heterocycles. The summed E-state index contributed by atoms with van der Waals surface area (Å²) in [5.74, 6) is -1.58. The third-order valence-corrected chi connectivity index (χ3v) is 8.91. The third kappa shape index (κ3) is 6.33. The fourth-order valence-electron chi connectivity index (χ4n) is 3.92. The lowest BCUT2D eigenvalue weighted by Crippen LogP contribution is -2.47. The smallest absolute Gasteiger partial charge is 0.253 e. The van der Waals surface area contributed by atoms with Gasteiger partial charge in [0, 0.05) is 44.2 Å². The van der Waals surface area contributed by atoms with Crippen molar-refractivity contribution in [1.82, 2.24) is 14.1 Å². The molecule has 12 heteroatoms. The first-order valence-electron chi connectivity index (χ1n) is 11.2. The summed E-state index contributed by atoms with van der Waals surface area (Å²) in [7, 11) is 2.76. The number of hydrogen-bond acceptors (Lipinski definition) is 6. The molecular weight excluding hydrogens is 527 g/mol. The summed E-state index contributed by atoms with van der Waals surface area (Å²) in [6.07, 6.45) is 0.209. The highest BCUT2D eigenvalue weighted by Gasteiger charge is 2.42. The number of rotatable bonds is 9. The zero-order chi connectivity index (χ0) is 26.8. The third-order valence-electron chi connectivity index (χ3n) is 5.80. The van der Waals surface area contributed by atoms with Crippen LogP contribution in [-0.2, 0) is 14.8 Å². The molecule has 0 N–H and O–H groups in total. The van der Waals surface area contributed by atoms with Crippen LogP contribution in [0.3, 0.4) is 0 Å². The number of anilines is 1. The Morgan fingerprint density at radius 3 is 2.44 bits per heavy atom. The Morgan fingerprint density at radius 2 is 1.89 bits per heavy atom. The molecule has 1 aliphatic rings. The van der Waals surface area contributed by atoms with Gasteiger partial charge < -0.3 is 14.7 Å². The number of likely N-dealkylation sites (N-methyl/N-ethyl adjacent to an activating group) is 1. The molecule has 3 rings (SSSR count). The summed E-state index contributed by atoms with van der Waals surface area (Å²) in [6, 6.07) is 6.40. The minimum atomic E-state index is -4.00. The van der Waals surface area contributed by atoms with Crippen LogP contribution in [0.15, 0.2) is 35.7 Å². The van der Waals surface area contributed by atoms with Gasteiger partial charge in [-0.3, -0.25) is 9.59 Å². The molecule has 2 amide bonds. The van der Waals surface area contributed by atoms with Gasteiger partial charge in [0.1, 0.15) is 11.9 Å². The molecule has 196 valence electrons. The molecule has 36 heavy (non-hydrogen) atoms. The van der Waals surface area contributed by atoms with Crippen molar-refractivity contribution in [1.29, 1.82) is 0 Å². The molecule has 1 atom stereocenters. The normalized spacial score (nSPS) is 16.9. The summed E-state index contributed by atoms with van der Waals surface area (Å²) in [6.45, 7) is 2.32. The summed E-state index contributed by atoms with van der Waals surface area (Å²) >= 11 is 7.26. The van der Waals surface area contributed by atoms with Crippen molar-refractivity contribution >= 4 is 56.0 Å². The van der Waals surface area contributed by atoms with Crippen LogP contribution in [0.2, 0.25) is 4.34 Å². The number of allylic oxidation sites excluding steroid dienone is 1. The van der Waals surface area contributed by atoms with E-state index in [2.05, 4.69) is 0 Å². The van der Waals surface area contributed by atoms with E-state index in [1.165, 1.54) is 37.6 Å². The average Bonchev–Trinajstić information content (AvgIpc) is 3.38. The number of benzene rings is 1. The second-order valence-electron chi connectivity index (χ2n) is 9.02. The van der Waals surface area contributed by atoms with Gasteiger partial charge in [-0.15, -0.1) is 11.3 Å². The van der Waals surface area contributed by atoms with Gasteiger partial charge in [0.2, 0.25) is 15.9 Å². The predicted octanol–water partition coefficient (Wildman–Crippen LogP) is 3.60. The molecule has 0 radical (unpaired) electrons. The quantitative estimate of drug-likeness (QED) is 0.471. The van der Waals surface area contributed by atoms with Crippen molar-refractivity contribution in [3.63, 3.8) is 0 Å². The number of halogens is 2. The Kier molecular flexibility index (Phi) is 8.94. The van der Waals surface area contributed by atoms with E-state index in [0.29, 0.717) is 21.3 Å². The van der Waals surface area contributed by atoms with Gasteiger partial charge in [0.25, 0.3) is 5.91 Å². The monoisotopic (exact) mass is 556 g/mol. The first-order valence-corrected chi connectivity index (χ1v) is 13.9. The fourth-order valence-corrected chi connectivity index (χ4v) is 6.61. The minimum Gasteiger partial charge on any atom is -0.345 e. The lowest BCUT2D eigenvalue weighted by Gasteiger charge is -2.27. The molecule has 0 spiro atoms. The molecule has 1 aliphatic heterocycles. The van der Waals surface area contributed by atoms with Crippen LogP contribution < -0.4 is 4.90 Å². The van der Waals surface area contributed by atoms with E-state index in [0.717, 1.165) is 11.5 Å². The van der Waals surface area contributed by atoms with Crippen molar-refractivity contribution in [3.05, 3.63) is 56.3 Å². The topological polar surface area (TPSA) is 81.2 Å². The maximum atomic E-state index is 15.0. The summed E-state index contributed by atoms with van der Waals surface area (Å²) in [5.41, 5.74) is 0.688. The van der Waals surface area contributed by atoms with E-state index in [1.807, 2.05) is 19.0 Å². The summed E-state index contributed by atoms with van der Waals surface area (Å²) < 4.78 is 43.6. The Labute approximate surface area is 220 Å². The van der Waals surface area contributed by atoms with Crippen LogP contribution in [0.5, 0.6) is 0 Å². The maximum absolute atomic E-state index is 15.0. The number of hydrogen-bond donors (Lipinski definition) is 0. The lowest BCUT2D eigenvalue weighted by molar-refractivity contribution is -0.120. The molecular formula is C24H30ClFN4O4S2. The Balaban J connectivity index is 1.91. The molecule has 2 aromatic rings. The van der Waals surface area contributed by atoms with E-state index >= 15 is 0 Å². The second kappa shape index (κ2) is 11.4. The van der Waals surface area contributed by atoms with Crippen LogP contribution in [0.4, 0.5) is 10.1 Å². The van der Waals surface area contributed by atoms with Crippen molar-refractivity contribution < 1.29 is 22.4 Å². The molecule has 0 bridgehead atoms. The Hall–Kier alpha value is -2.31. The summed E-state index contributed by atoms with van der Waals surface area (Å²) in [4.78, 5) is 30.7. The molecule has 1 aromatic carbocycles. The van der Waals surface area contributed by atoms with Gasteiger partial charge in [-0.25, -0.2) is 12.8 Å². The van der Waals surface area contributed by atoms with Gasteiger partial charge in [-0.05, 0) is 63.3 Å². The second-order valence-corrected chi connectivity index (χ2v) is 12.5. The van der Waals surface area contributed by atoms with Crippen molar-refractivity contribution in [2.75, 3.05) is 52.7 Å². The van der Waals surface area contributed by atoms with Gasteiger partial charge in [-0.2, -0.15) is 4.31 Å². The van der Waals surface area contributed by atoms with E-state index in [4.69, 9.17) is 11.6 Å². The predicted molar refractivity (Wildman–Crippen MR) is 142 cm³/mol. The highest BCUT2D eigenvalue weighted by Crippen LogP contribution is 2.31. The molecule has 1 saturated heterocycles. The van der Waals surface area contributed by atoms with Crippen LogP contribution in [0.1, 0.15) is 28.6 Å². The van der Waals surface area contributed by atoms with Crippen LogP contribution in [0, 0.1) is 5.82 Å². The Morgan fingerprint density at radius 1 is 1.19 bits per heavy atom. The van der Waals surface area contributed by atoms with Gasteiger partial charge in [0.05, 0.1) is 15.4 Å². The molecule has 0 saturated carbocycles. The van der Waals surface area contributed by atoms with E-state index < -0.39 is 27.8 Å². The number of carbonyl (C=O) groups excluding carboxylic acids is 2. The number of sulfonamides is 1. The van der Waals surface area contributed by atoms with Crippen LogP contribution in [-0.4, -0.2) is 88.2 Å². The standard InChI is InChI=1S/C24H30ClFN4O4S2/c1-16(21-8-9-22(25)35-21)15-36(33,34)30(13-12-27(2)3)20-10-11-29(24(20)32)19-7-6-17(14-18(19)26)23(31)28(4)5/h6-9,14-15,20H,10-13H2,1-5H3/t20-/m0/s1. The minimum absolute atomic E-state index is 0.0164. The van der Waals surface area contributed by atoms with E-state index in [1.54, 1.807) is 33.2 Å². The molecule has 0 unspecified atom stereocenters. The van der Waals surface area contributed by atoms with E-state index in [-0.39, 0.29) is 36.7 Å². The number of thiophene rings is 1. The zero-order valence-electron chi connectivity index (χ0n) is 20.9. The molecule has 0 aliphatic carbocycles. The SMILES string of the molecule is CC(=CS(=O)(=O)N(CCN(C)C)[C@H]1CCN(c2ccc(C(=O)N(C)C)cc2F)C1=O)c1ccc(Cl)s1. The molecule has 1 aromatic heterocycles. The average molecular weight is 557 g/mol. The highest BCUT2D eigenvalue weighted by molar-refractivity contribution is 7.92. The fraction of sp³-hybridized carbons (Fsp3) is 0.417. The Bertz CT molecular complexity index is 1280.